The first-order chi connectivity index (χ1) is 8.81. The van der Waals surface area contributed by atoms with Crippen molar-refractivity contribution in [1.82, 2.24) is 9.55 Å². The molecule has 0 radical (unpaired) electrons. The van der Waals surface area contributed by atoms with Gasteiger partial charge in [0.05, 0.1) is 24.3 Å². The van der Waals surface area contributed by atoms with Crippen LogP contribution in [-0.4, -0.2) is 9.55 Å². The van der Waals surface area contributed by atoms with Crippen molar-refractivity contribution in [3.63, 3.8) is 0 Å². The smallest absolute Gasteiger partial charge is 0.0951 e. The van der Waals surface area contributed by atoms with Gasteiger partial charge in [-0.25, -0.2) is 4.98 Å². The molecule has 1 aliphatic carbocycles. The van der Waals surface area contributed by atoms with Crippen LogP contribution in [0.4, 0.5) is 0 Å². The summed E-state index contributed by atoms with van der Waals surface area (Å²) in [4.78, 5) is 4.28. The minimum absolute atomic E-state index is 0.0770. The summed E-state index contributed by atoms with van der Waals surface area (Å²) in [7, 11) is 0. The molecule has 1 aliphatic rings. The van der Waals surface area contributed by atoms with Crippen molar-refractivity contribution < 1.29 is 0 Å². The van der Waals surface area contributed by atoms with Gasteiger partial charge in [0.1, 0.15) is 0 Å². The molecule has 3 nitrogen and oxygen atoms in total. The summed E-state index contributed by atoms with van der Waals surface area (Å²) in [6.45, 7) is 2.25. The molecule has 1 fully saturated rings. The Morgan fingerprint density at radius 2 is 2.17 bits per heavy atom. The fraction of sp³-hybridized carbons (Fsp3) is 0.400. The van der Waals surface area contributed by atoms with E-state index in [1.54, 1.807) is 0 Å². The number of benzene rings is 1. The standard InChI is InChI=1S/C15H19N3/c1-2-11-8-13(11)18-10-17-9-14(18)15(16)12-6-4-3-5-7-12/h3-7,9-11,13,15H,2,8,16H2,1H3. The molecule has 2 N–H and O–H groups in total. The van der Waals surface area contributed by atoms with Crippen LogP contribution in [0.2, 0.25) is 0 Å². The zero-order chi connectivity index (χ0) is 12.5. The van der Waals surface area contributed by atoms with E-state index in [2.05, 4.69) is 28.6 Å². The predicted molar refractivity (Wildman–Crippen MR) is 72.1 cm³/mol. The highest BCUT2D eigenvalue weighted by molar-refractivity contribution is 5.27. The molecule has 0 bridgehead atoms. The predicted octanol–water partition coefficient (Wildman–Crippen LogP) is 2.90. The van der Waals surface area contributed by atoms with Crippen molar-refractivity contribution in [3.05, 3.63) is 54.1 Å². The van der Waals surface area contributed by atoms with Crippen LogP contribution in [0.25, 0.3) is 0 Å². The van der Waals surface area contributed by atoms with Crippen LogP contribution in [0.5, 0.6) is 0 Å². The number of imidazole rings is 1. The van der Waals surface area contributed by atoms with E-state index in [-0.39, 0.29) is 6.04 Å². The van der Waals surface area contributed by atoms with Crippen molar-refractivity contribution in [2.24, 2.45) is 11.7 Å². The normalized spacial score (nSPS) is 23.9. The Morgan fingerprint density at radius 3 is 2.83 bits per heavy atom. The van der Waals surface area contributed by atoms with Crippen LogP contribution >= 0.6 is 0 Å². The maximum Gasteiger partial charge on any atom is 0.0951 e. The first-order valence-corrected chi connectivity index (χ1v) is 6.63. The number of rotatable bonds is 4. The Kier molecular flexibility index (Phi) is 2.92. The number of nitrogens with zero attached hydrogens (tertiary/aromatic N) is 2. The van der Waals surface area contributed by atoms with E-state index >= 15 is 0 Å². The van der Waals surface area contributed by atoms with Gasteiger partial charge in [0.2, 0.25) is 0 Å². The molecule has 18 heavy (non-hydrogen) atoms. The fourth-order valence-corrected chi connectivity index (χ4v) is 2.68. The number of hydrogen-bond donors (Lipinski definition) is 1. The van der Waals surface area contributed by atoms with Gasteiger partial charge in [-0.15, -0.1) is 0 Å². The second-order valence-corrected chi connectivity index (χ2v) is 5.09. The van der Waals surface area contributed by atoms with Crippen LogP contribution in [-0.2, 0) is 0 Å². The van der Waals surface area contributed by atoms with Gasteiger partial charge in [0.15, 0.2) is 0 Å². The number of aromatic nitrogens is 2. The molecule has 1 aromatic heterocycles. The third-order valence-electron chi connectivity index (χ3n) is 3.94. The lowest BCUT2D eigenvalue weighted by molar-refractivity contribution is 0.601. The van der Waals surface area contributed by atoms with Crippen molar-refractivity contribution in [2.45, 2.75) is 31.8 Å². The van der Waals surface area contributed by atoms with Gasteiger partial charge in [-0.1, -0.05) is 43.7 Å². The molecule has 3 atom stereocenters. The van der Waals surface area contributed by atoms with E-state index in [1.807, 2.05) is 30.7 Å². The number of nitrogens with two attached hydrogens (primary N) is 1. The second kappa shape index (κ2) is 4.58. The number of hydrogen-bond acceptors (Lipinski definition) is 2. The molecule has 94 valence electrons. The topological polar surface area (TPSA) is 43.8 Å². The molecule has 1 saturated carbocycles. The zero-order valence-corrected chi connectivity index (χ0v) is 10.7. The fourth-order valence-electron chi connectivity index (χ4n) is 2.68. The van der Waals surface area contributed by atoms with E-state index in [0.29, 0.717) is 6.04 Å². The average molecular weight is 241 g/mol. The maximum atomic E-state index is 6.35. The molecule has 0 spiro atoms. The average Bonchev–Trinajstić information content (AvgIpc) is 3.06. The summed E-state index contributed by atoms with van der Waals surface area (Å²) in [6.07, 6.45) is 6.34. The molecule has 3 unspecified atom stereocenters. The Bertz CT molecular complexity index is 518. The molecule has 0 amide bonds. The molecular formula is C15H19N3. The molecule has 1 aromatic carbocycles. The summed E-state index contributed by atoms with van der Waals surface area (Å²) in [5.41, 5.74) is 8.63. The Morgan fingerprint density at radius 1 is 1.39 bits per heavy atom. The maximum absolute atomic E-state index is 6.35. The summed E-state index contributed by atoms with van der Waals surface area (Å²) in [6, 6.07) is 10.8. The van der Waals surface area contributed by atoms with Crippen LogP contribution < -0.4 is 5.73 Å². The zero-order valence-electron chi connectivity index (χ0n) is 10.7. The molecule has 0 aliphatic heterocycles. The molecule has 3 heteroatoms. The van der Waals surface area contributed by atoms with Gasteiger partial charge in [0.25, 0.3) is 0 Å². The van der Waals surface area contributed by atoms with Crippen LogP contribution in [0.15, 0.2) is 42.9 Å². The van der Waals surface area contributed by atoms with Gasteiger partial charge in [0, 0.05) is 6.04 Å². The molecule has 0 saturated heterocycles. The van der Waals surface area contributed by atoms with Crippen molar-refractivity contribution in [2.75, 3.05) is 0 Å². The second-order valence-electron chi connectivity index (χ2n) is 5.09. The molecule has 1 heterocycles. The SMILES string of the molecule is CCC1CC1n1cncc1C(N)c1ccccc1. The van der Waals surface area contributed by atoms with Crippen LogP contribution in [0.3, 0.4) is 0 Å². The lowest BCUT2D eigenvalue weighted by Gasteiger charge is -2.15. The van der Waals surface area contributed by atoms with Crippen molar-refractivity contribution >= 4 is 0 Å². The van der Waals surface area contributed by atoms with E-state index < -0.39 is 0 Å². The Hall–Kier alpha value is -1.61. The summed E-state index contributed by atoms with van der Waals surface area (Å²) in [5, 5.41) is 0. The third-order valence-corrected chi connectivity index (χ3v) is 3.94. The van der Waals surface area contributed by atoms with Gasteiger partial charge < -0.3 is 10.3 Å². The van der Waals surface area contributed by atoms with Gasteiger partial charge >= 0.3 is 0 Å². The van der Waals surface area contributed by atoms with Crippen LogP contribution in [0, 0.1) is 5.92 Å². The van der Waals surface area contributed by atoms with Gasteiger partial charge in [-0.2, -0.15) is 0 Å². The van der Waals surface area contributed by atoms with Gasteiger partial charge in [-0.05, 0) is 17.9 Å². The highest BCUT2D eigenvalue weighted by Crippen LogP contribution is 2.46. The van der Waals surface area contributed by atoms with E-state index in [4.69, 9.17) is 5.73 Å². The lowest BCUT2D eigenvalue weighted by Crippen LogP contribution is -2.16. The van der Waals surface area contributed by atoms with E-state index in [1.165, 1.54) is 12.8 Å². The first kappa shape index (κ1) is 11.5. The minimum Gasteiger partial charge on any atom is -0.329 e. The largest absolute Gasteiger partial charge is 0.329 e. The van der Waals surface area contributed by atoms with E-state index in [0.717, 1.165) is 17.2 Å². The third kappa shape index (κ3) is 1.95. The minimum atomic E-state index is -0.0770. The molecule has 2 aromatic rings. The summed E-state index contributed by atoms with van der Waals surface area (Å²) >= 11 is 0. The van der Waals surface area contributed by atoms with Crippen molar-refractivity contribution in [3.8, 4) is 0 Å². The van der Waals surface area contributed by atoms with Gasteiger partial charge in [-0.3, -0.25) is 0 Å². The van der Waals surface area contributed by atoms with Crippen LogP contribution in [0.1, 0.15) is 43.1 Å². The summed E-state index contributed by atoms with van der Waals surface area (Å²) < 4.78 is 2.27. The highest BCUT2D eigenvalue weighted by atomic mass is 15.1. The van der Waals surface area contributed by atoms with Crippen molar-refractivity contribution in [1.29, 1.82) is 0 Å². The molecule has 3 rings (SSSR count). The quantitative estimate of drug-likeness (QED) is 0.894. The Balaban J connectivity index is 1.87. The van der Waals surface area contributed by atoms with E-state index in [9.17, 15) is 0 Å². The summed E-state index contributed by atoms with van der Waals surface area (Å²) in [5.74, 6) is 0.806. The monoisotopic (exact) mass is 241 g/mol. The highest BCUT2D eigenvalue weighted by Gasteiger charge is 2.38. The first-order valence-electron chi connectivity index (χ1n) is 6.63. The Labute approximate surface area is 108 Å². The lowest BCUT2D eigenvalue weighted by atomic mass is 10.1. The molecular weight excluding hydrogens is 222 g/mol.